The maximum Gasteiger partial charge on any atom is 0.152 e. The predicted molar refractivity (Wildman–Crippen MR) is 63.2 cm³/mol. The summed E-state index contributed by atoms with van der Waals surface area (Å²) in [5, 5.41) is 4.13. The molecule has 2 heterocycles. The van der Waals surface area contributed by atoms with Gasteiger partial charge in [0.1, 0.15) is 28.8 Å². The number of nitrogens with zero attached hydrogens (tertiary/aromatic N) is 4. The molecule has 3 aromatic rings. The van der Waals surface area contributed by atoms with Crippen molar-refractivity contribution in [2.24, 2.45) is 0 Å². The van der Waals surface area contributed by atoms with Gasteiger partial charge in [-0.05, 0) is 12.1 Å². The van der Waals surface area contributed by atoms with Crippen LogP contribution in [0.15, 0.2) is 36.9 Å². The van der Waals surface area contributed by atoms with E-state index in [9.17, 15) is 4.39 Å². The molecule has 18 heavy (non-hydrogen) atoms. The predicted octanol–water partition coefficient (Wildman–Crippen LogP) is 1.96. The molecule has 0 fully saturated rings. The lowest BCUT2D eigenvalue weighted by molar-refractivity contribution is 0.408. The molecule has 0 aliphatic heterocycles. The molecule has 0 radical (unpaired) electrons. The minimum Gasteiger partial charge on any atom is -0.494 e. The number of para-hydroxylation sites is 1. The number of fused-ring (bicyclic) bond motifs is 1. The fourth-order valence-corrected chi connectivity index (χ4v) is 1.81. The first-order valence-electron chi connectivity index (χ1n) is 5.28. The van der Waals surface area contributed by atoms with Crippen LogP contribution in [0, 0.1) is 5.82 Å². The molecule has 0 aliphatic rings. The Bertz CT molecular complexity index is 710. The van der Waals surface area contributed by atoms with E-state index in [-0.39, 0.29) is 5.69 Å². The van der Waals surface area contributed by atoms with Gasteiger partial charge in [-0.1, -0.05) is 6.07 Å². The highest BCUT2D eigenvalue weighted by atomic mass is 19.1. The highest BCUT2D eigenvalue weighted by molar-refractivity contribution is 5.75. The van der Waals surface area contributed by atoms with Crippen molar-refractivity contribution in [3.8, 4) is 11.4 Å². The number of hydrogen-bond acceptors (Lipinski definition) is 4. The van der Waals surface area contributed by atoms with Crippen LogP contribution in [0.4, 0.5) is 4.39 Å². The van der Waals surface area contributed by atoms with E-state index in [1.807, 2.05) is 0 Å². The molecule has 2 aromatic heterocycles. The van der Waals surface area contributed by atoms with Crippen molar-refractivity contribution in [3.05, 3.63) is 42.7 Å². The van der Waals surface area contributed by atoms with Crippen LogP contribution < -0.4 is 4.74 Å². The van der Waals surface area contributed by atoms with Crippen molar-refractivity contribution in [1.29, 1.82) is 0 Å². The molecular formula is C12H9FN4O. The third-order valence-electron chi connectivity index (χ3n) is 2.63. The van der Waals surface area contributed by atoms with Gasteiger partial charge in [0.05, 0.1) is 19.5 Å². The summed E-state index contributed by atoms with van der Waals surface area (Å²) in [7, 11) is 1.49. The Labute approximate surface area is 102 Å². The van der Waals surface area contributed by atoms with E-state index in [4.69, 9.17) is 4.74 Å². The van der Waals surface area contributed by atoms with Crippen LogP contribution in [0.2, 0.25) is 0 Å². The van der Waals surface area contributed by atoms with Gasteiger partial charge in [0.25, 0.3) is 0 Å². The second-order valence-corrected chi connectivity index (χ2v) is 3.64. The minimum atomic E-state index is -0.414. The molecule has 0 amide bonds. The van der Waals surface area contributed by atoms with Crippen molar-refractivity contribution in [1.82, 2.24) is 19.7 Å². The lowest BCUT2D eigenvalue weighted by Gasteiger charge is -2.09. The van der Waals surface area contributed by atoms with Crippen molar-refractivity contribution >= 4 is 11.0 Å². The van der Waals surface area contributed by atoms with E-state index >= 15 is 0 Å². The second-order valence-electron chi connectivity index (χ2n) is 3.64. The third-order valence-corrected chi connectivity index (χ3v) is 2.63. The smallest absolute Gasteiger partial charge is 0.152 e. The molecule has 3 rings (SSSR count). The first-order valence-corrected chi connectivity index (χ1v) is 5.28. The monoisotopic (exact) mass is 244 g/mol. The van der Waals surface area contributed by atoms with Crippen molar-refractivity contribution in [2.75, 3.05) is 7.11 Å². The Hall–Kier alpha value is -2.50. The van der Waals surface area contributed by atoms with E-state index in [1.54, 1.807) is 24.5 Å². The largest absolute Gasteiger partial charge is 0.494 e. The van der Waals surface area contributed by atoms with Gasteiger partial charge in [-0.3, -0.25) is 0 Å². The van der Waals surface area contributed by atoms with Crippen LogP contribution in [-0.4, -0.2) is 26.9 Å². The van der Waals surface area contributed by atoms with Gasteiger partial charge >= 0.3 is 0 Å². The van der Waals surface area contributed by atoms with Gasteiger partial charge in [0, 0.05) is 0 Å². The van der Waals surface area contributed by atoms with Gasteiger partial charge in [-0.25, -0.2) is 19.0 Å². The third kappa shape index (κ3) is 1.50. The number of benzene rings is 1. The van der Waals surface area contributed by atoms with Crippen molar-refractivity contribution in [3.63, 3.8) is 0 Å². The SMILES string of the molecule is COc1cccc(F)c1-n1ncc2ncncc21. The molecule has 0 N–H and O–H groups in total. The fraction of sp³-hybridized carbons (Fsp3) is 0.0833. The standard InChI is InChI=1S/C12H9FN4O/c1-18-11-4-2-3-8(13)12(11)17-10-6-14-7-15-9(10)5-16-17/h2-7H,1H3. The Morgan fingerprint density at radius 3 is 3.00 bits per heavy atom. The van der Waals surface area contributed by atoms with Crippen LogP contribution in [0.5, 0.6) is 5.75 Å². The van der Waals surface area contributed by atoms with Gasteiger partial charge in [0.2, 0.25) is 0 Å². The number of halogens is 1. The zero-order valence-corrected chi connectivity index (χ0v) is 9.54. The van der Waals surface area contributed by atoms with Gasteiger partial charge in [-0.2, -0.15) is 5.10 Å². The number of methoxy groups -OCH3 is 1. The van der Waals surface area contributed by atoms with Gasteiger partial charge in [-0.15, -0.1) is 0 Å². The average molecular weight is 244 g/mol. The Balaban J connectivity index is 2.33. The van der Waals surface area contributed by atoms with E-state index < -0.39 is 5.82 Å². The molecule has 0 unspecified atom stereocenters. The van der Waals surface area contributed by atoms with E-state index in [0.29, 0.717) is 16.8 Å². The first-order chi connectivity index (χ1) is 8.81. The molecule has 0 saturated carbocycles. The fourth-order valence-electron chi connectivity index (χ4n) is 1.81. The summed E-state index contributed by atoms with van der Waals surface area (Å²) < 4.78 is 20.5. The first kappa shape index (κ1) is 10.6. The summed E-state index contributed by atoms with van der Waals surface area (Å²) in [4.78, 5) is 7.98. The summed E-state index contributed by atoms with van der Waals surface area (Å²) >= 11 is 0. The number of aromatic nitrogens is 4. The Kier molecular flexibility index (Phi) is 2.40. The van der Waals surface area contributed by atoms with Crippen LogP contribution >= 0.6 is 0 Å². The second kappa shape index (κ2) is 4.06. The van der Waals surface area contributed by atoms with Crippen LogP contribution in [-0.2, 0) is 0 Å². The Morgan fingerprint density at radius 1 is 1.28 bits per heavy atom. The van der Waals surface area contributed by atoms with E-state index in [0.717, 1.165) is 0 Å². The Morgan fingerprint density at radius 2 is 2.17 bits per heavy atom. The highest BCUT2D eigenvalue weighted by Gasteiger charge is 2.15. The molecule has 1 aromatic carbocycles. The molecule has 0 spiro atoms. The number of hydrogen-bond donors (Lipinski definition) is 0. The van der Waals surface area contributed by atoms with E-state index in [2.05, 4.69) is 15.1 Å². The van der Waals surface area contributed by atoms with Gasteiger partial charge < -0.3 is 4.74 Å². The summed E-state index contributed by atoms with van der Waals surface area (Å²) in [5.41, 5.74) is 1.53. The van der Waals surface area contributed by atoms with Crippen LogP contribution in [0.25, 0.3) is 16.7 Å². The summed E-state index contributed by atoms with van der Waals surface area (Å²) in [6.07, 6.45) is 4.57. The zero-order chi connectivity index (χ0) is 12.5. The number of rotatable bonds is 2. The molecular weight excluding hydrogens is 235 g/mol. The average Bonchev–Trinajstić information content (AvgIpc) is 2.82. The quantitative estimate of drug-likeness (QED) is 0.691. The van der Waals surface area contributed by atoms with Crippen molar-refractivity contribution < 1.29 is 9.13 Å². The molecule has 0 atom stereocenters. The minimum absolute atomic E-state index is 0.254. The normalized spacial score (nSPS) is 10.8. The topological polar surface area (TPSA) is 52.8 Å². The van der Waals surface area contributed by atoms with E-state index in [1.165, 1.54) is 24.2 Å². The zero-order valence-electron chi connectivity index (χ0n) is 9.54. The van der Waals surface area contributed by atoms with Crippen molar-refractivity contribution in [2.45, 2.75) is 0 Å². The van der Waals surface area contributed by atoms with Gasteiger partial charge in [0.15, 0.2) is 5.82 Å². The lowest BCUT2D eigenvalue weighted by Crippen LogP contribution is -2.02. The molecule has 6 heteroatoms. The number of ether oxygens (including phenoxy) is 1. The molecule has 90 valence electrons. The summed E-state index contributed by atoms with van der Waals surface area (Å²) in [6.45, 7) is 0. The maximum atomic E-state index is 13.9. The van der Waals surface area contributed by atoms with Crippen LogP contribution in [0.1, 0.15) is 0 Å². The molecule has 0 aliphatic carbocycles. The molecule has 0 bridgehead atoms. The molecule has 5 nitrogen and oxygen atoms in total. The molecule has 0 saturated heterocycles. The summed E-state index contributed by atoms with van der Waals surface area (Å²) in [6, 6.07) is 4.62. The summed E-state index contributed by atoms with van der Waals surface area (Å²) in [5.74, 6) is -0.00736. The lowest BCUT2D eigenvalue weighted by atomic mass is 10.2. The maximum absolute atomic E-state index is 13.9. The van der Waals surface area contributed by atoms with Crippen LogP contribution in [0.3, 0.4) is 0 Å². The highest BCUT2D eigenvalue weighted by Crippen LogP contribution is 2.27.